The highest BCUT2D eigenvalue weighted by Crippen LogP contribution is 2.45. The van der Waals surface area contributed by atoms with Gasteiger partial charge in [-0.25, -0.2) is 4.98 Å². The van der Waals surface area contributed by atoms with Crippen LogP contribution in [0.3, 0.4) is 0 Å². The highest BCUT2D eigenvalue weighted by atomic mass is 32.1. The van der Waals surface area contributed by atoms with Crippen LogP contribution in [0.1, 0.15) is 43.4 Å². The van der Waals surface area contributed by atoms with Crippen molar-refractivity contribution < 1.29 is 0 Å². The Morgan fingerprint density at radius 3 is 2.77 bits per heavy atom. The summed E-state index contributed by atoms with van der Waals surface area (Å²) in [5.74, 6) is 1.20. The van der Waals surface area contributed by atoms with Crippen molar-refractivity contribution >= 4 is 22.2 Å². The number of rotatable bonds is 2. The average Bonchev–Trinajstić information content (AvgIpc) is 3.01. The molecule has 2 aliphatic rings. The Labute approximate surface area is 135 Å². The van der Waals surface area contributed by atoms with Crippen molar-refractivity contribution in [1.29, 1.82) is 0 Å². The van der Waals surface area contributed by atoms with Crippen molar-refractivity contribution in [3.05, 3.63) is 47.1 Å². The van der Waals surface area contributed by atoms with E-state index < -0.39 is 0 Å². The van der Waals surface area contributed by atoms with Gasteiger partial charge in [0.2, 0.25) is 0 Å². The van der Waals surface area contributed by atoms with E-state index in [-0.39, 0.29) is 5.41 Å². The van der Waals surface area contributed by atoms with Gasteiger partial charge in [0, 0.05) is 11.8 Å². The highest BCUT2D eigenvalue weighted by Gasteiger charge is 2.42. The molecule has 1 saturated carbocycles. The van der Waals surface area contributed by atoms with E-state index in [2.05, 4.69) is 40.6 Å². The van der Waals surface area contributed by atoms with Crippen molar-refractivity contribution in [2.75, 3.05) is 5.32 Å². The summed E-state index contributed by atoms with van der Waals surface area (Å²) in [6.45, 7) is 0.763. The molecule has 3 nitrogen and oxygen atoms in total. The van der Waals surface area contributed by atoms with Crippen molar-refractivity contribution in [2.45, 2.75) is 45.1 Å². The first kappa shape index (κ1) is 13.9. The van der Waals surface area contributed by atoms with Gasteiger partial charge in [-0.3, -0.25) is 4.99 Å². The third-order valence-corrected chi connectivity index (χ3v) is 5.74. The summed E-state index contributed by atoms with van der Waals surface area (Å²) in [7, 11) is 0. The molecule has 0 radical (unpaired) electrons. The number of nitrogens with one attached hydrogen (secondary N) is 1. The largest absolute Gasteiger partial charge is 0.334 e. The number of anilines is 1. The van der Waals surface area contributed by atoms with Crippen LogP contribution in [0.2, 0.25) is 0 Å². The van der Waals surface area contributed by atoms with E-state index in [1.165, 1.54) is 54.2 Å². The number of nitrogens with zero attached hydrogens (tertiary/aromatic N) is 2. The molecule has 0 bridgehead atoms. The van der Waals surface area contributed by atoms with Crippen LogP contribution < -0.4 is 5.32 Å². The van der Waals surface area contributed by atoms with E-state index in [1.54, 1.807) is 11.3 Å². The molecule has 114 valence electrons. The predicted octanol–water partition coefficient (Wildman–Crippen LogP) is 4.66. The highest BCUT2D eigenvalue weighted by molar-refractivity contribution is 7.14. The van der Waals surface area contributed by atoms with E-state index in [9.17, 15) is 0 Å². The fraction of sp³-hybridized carbons (Fsp3) is 0.444. The summed E-state index contributed by atoms with van der Waals surface area (Å²) < 4.78 is 0. The van der Waals surface area contributed by atoms with Crippen LogP contribution in [-0.4, -0.2) is 10.8 Å². The summed E-state index contributed by atoms with van der Waals surface area (Å²) in [6.07, 6.45) is 7.52. The SMILES string of the molecule is c1ccc(CN=C2Nc3scnc3CC23CCCCC3)cc1. The molecule has 0 unspecified atom stereocenters. The monoisotopic (exact) mass is 311 g/mol. The molecule has 22 heavy (non-hydrogen) atoms. The van der Waals surface area contributed by atoms with Crippen LogP contribution >= 0.6 is 11.3 Å². The van der Waals surface area contributed by atoms with Gasteiger partial charge in [-0.1, -0.05) is 49.6 Å². The minimum absolute atomic E-state index is 0.202. The maximum atomic E-state index is 4.99. The second kappa shape index (κ2) is 5.84. The fourth-order valence-corrected chi connectivity index (χ4v) is 4.45. The van der Waals surface area contributed by atoms with Crippen LogP contribution in [0.5, 0.6) is 0 Å². The standard InChI is InChI=1S/C18H21N3S/c1-3-7-14(8-4-1)12-19-17-18(9-5-2-6-10-18)11-15-16(21-17)22-13-20-15/h1,3-4,7-8,13H,2,5-6,9-12H2,(H,19,21). The summed E-state index contributed by atoms with van der Waals surface area (Å²) in [5.41, 5.74) is 4.67. The molecule has 1 N–H and O–H groups in total. The molecule has 2 heterocycles. The quantitative estimate of drug-likeness (QED) is 0.875. The Morgan fingerprint density at radius 2 is 1.95 bits per heavy atom. The van der Waals surface area contributed by atoms with E-state index in [4.69, 9.17) is 4.99 Å². The van der Waals surface area contributed by atoms with Gasteiger partial charge in [0.1, 0.15) is 10.8 Å². The van der Waals surface area contributed by atoms with Crippen LogP contribution in [0.25, 0.3) is 0 Å². The van der Waals surface area contributed by atoms with Gasteiger partial charge in [0.15, 0.2) is 0 Å². The lowest BCUT2D eigenvalue weighted by atomic mass is 9.69. The lowest BCUT2D eigenvalue weighted by Gasteiger charge is -2.41. The molecule has 0 amide bonds. The average molecular weight is 311 g/mol. The normalized spacial score (nSPS) is 21.5. The summed E-state index contributed by atoms with van der Waals surface area (Å²) >= 11 is 1.70. The first-order valence-electron chi connectivity index (χ1n) is 8.14. The molecule has 4 rings (SSSR count). The van der Waals surface area contributed by atoms with Gasteiger partial charge in [-0.05, 0) is 18.4 Å². The molecule has 1 spiro atoms. The molecule has 1 aliphatic carbocycles. The minimum atomic E-state index is 0.202. The zero-order valence-electron chi connectivity index (χ0n) is 12.7. The maximum Gasteiger partial charge on any atom is 0.117 e. The Kier molecular flexibility index (Phi) is 3.70. The van der Waals surface area contributed by atoms with Gasteiger partial charge in [-0.2, -0.15) is 0 Å². The smallest absolute Gasteiger partial charge is 0.117 e. The number of hydrogen-bond acceptors (Lipinski definition) is 3. The number of aliphatic imine (C=N–C) groups is 1. The first-order chi connectivity index (χ1) is 10.9. The van der Waals surface area contributed by atoms with E-state index in [0.717, 1.165) is 13.0 Å². The van der Waals surface area contributed by atoms with Gasteiger partial charge >= 0.3 is 0 Å². The first-order valence-corrected chi connectivity index (χ1v) is 9.02. The third-order valence-electron chi connectivity index (χ3n) is 4.95. The number of thiazole rings is 1. The number of hydrogen-bond donors (Lipinski definition) is 1. The second-order valence-corrected chi connectivity index (χ2v) is 7.28. The van der Waals surface area contributed by atoms with Crippen LogP contribution in [0.4, 0.5) is 5.00 Å². The molecule has 2 aromatic rings. The fourth-order valence-electron chi connectivity index (χ4n) is 3.74. The Balaban J connectivity index is 1.65. The molecular formula is C18H21N3S. The number of fused-ring (bicyclic) bond motifs is 1. The molecule has 1 aliphatic heterocycles. The number of benzene rings is 1. The molecule has 0 saturated heterocycles. The van der Waals surface area contributed by atoms with Gasteiger partial charge < -0.3 is 5.32 Å². The molecule has 0 atom stereocenters. The maximum absolute atomic E-state index is 4.99. The lowest BCUT2D eigenvalue weighted by Crippen LogP contribution is -2.43. The summed E-state index contributed by atoms with van der Waals surface area (Å²) in [5, 5.41) is 4.81. The molecule has 1 aromatic heterocycles. The minimum Gasteiger partial charge on any atom is -0.334 e. The number of aromatic nitrogens is 1. The van der Waals surface area contributed by atoms with Gasteiger partial charge in [-0.15, -0.1) is 11.3 Å². The van der Waals surface area contributed by atoms with Crippen molar-refractivity contribution in [3.63, 3.8) is 0 Å². The van der Waals surface area contributed by atoms with Crippen molar-refractivity contribution in [3.8, 4) is 0 Å². The summed E-state index contributed by atoms with van der Waals surface area (Å²) in [6, 6.07) is 10.5. The van der Waals surface area contributed by atoms with Crippen molar-refractivity contribution in [2.24, 2.45) is 10.4 Å². The van der Waals surface area contributed by atoms with Gasteiger partial charge in [0.05, 0.1) is 17.7 Å². The topological polar surface area (TPSA) is 37.3 Å². The van der Waals surface area contributed by atoms with E-state index in [1.807, 2.05) is 5.51 Å². The number of amidine groups is 1. The zero-order chi connectivity index (χ0) is 14.8. The summed E-state index contributed by atoms with van der Waals surface area (Å²) in [4.78, 5) is 9.55. The van der Waals surface area contributed by atoms with Crippen LogP contribution in [0.15, 0.2) is 40.8 Å². The Hall–Kier alpha value is -1.68. The molecule has 1 aromatic carbocycles. The molecular weight excluding hydrogens is 290 g/mol. The Bertz CT molecular complexity index is 669. The van der Waals surface area contributed by atoms with Crippen LogP contribution in [-0.2, 0) is 13.0 Å². The Morgan fingerprint density at radius 1 is 1.14 bits per heavy atom. The van der Waals surface area contributed by atoms with E-state index >= 15 is 0 Å². The van der Waals surface area contributed by atoms with Crippen molar-refractivity contribution in [1.82, 2.24) is 4.98 Å². The van der Waals surface area contributed by atoms with E-state index in [0.29, 0.717) is 0 Å². The predicted molar refractivity (Wildman–Crippen MR) is 92.5 cm³/mol. The van der Waals surface area contributed by atoms with Crippen LogP contribution in [0, 0.1) is 5.41 Å². The zero-order valence-corrected chi connectivity index (χ0v) is 13.5. The molecule has 1 fully saturated rings. The third kappa shape index (κ3) is 2.56. The lowest BCUT2D eigenvalue weighted by molar-refractivity contribution is 0.276. The molecule has 4 heteroatoms. The second-order valence-electron chi connectivity index (χ2n) is 6.42. The van der Waals surface area contributed by atoms with Gasteiger partial charge in [0.25, 0.3) is 0 Å².